The van der Waals surface area contributed by atoms with Gasteiger partial charge in [-0.1, -0.05) is 50.2 Å². The van der Waals surface area contributed by atoms with Crippen LogP contribution in [0.15, 0.2) is 48.5 Å². The van der Waals surface area contributed by atoms with Crippen LogP contribution in [-0.4, -0.2) is 71.8 Å². The number of nitrogens with two attached hydrogens (primary N) is 1. The molecule has 3 rings (SSSR count). The zero-order valence-electron chi connectivity index (χ0n) is 23.8. The lowest BCUT2D eigenvalue weighted by atomic mass is 10.1. The Balaban J connectivity index is 0.00000432. The van der Waals surface area contributed by atoms with Crippen molar-refractivity contribution in [3.05, 3.63) is 65.5 Å². The summed E-state index contributed by atoms with van der Waals surface area (Å²) in [6.45, 7) is 8.02. The van der Waals surface area contributed by atoms with E-state index in [1.807, 2.05) is 50.2 Å². The standard InChI is InChI=1S/C26H33N7O6.C2H6.2H2/c1-19-30-32-26(33-31-19)22-6-2-20(3-7-22)16-29-24(34)10-12-36-14-15-37-13-11-28-25(35)18-38-23-8-4-21(5-9-23)17-39-27;1-2;;/h2-9H,10-18,27H2,1H3,(H,28,35)(H,29,34);1-2H3;2*1H. The Bertz CT molecular complexity index is 1160. The molecular weight excluding hydrogens is 530 g/mol. The number of hydrogen-bond donors (Lipinski definition) is 3. The molecule has 0 atom stereocenters. The highest BCUT2D eigenvalue weighted by atomic mass is 16.6. The van der Waals surface area contributed by atoms with Crippen molar-refractivity contribution in [2.45, 2.75) is 40.3 Å². The van der Waals surface area contributed by atoms with E-state index in [0.717, 1.165) is 16.7 Å². The molecule has 2 amide bonds. The number of nitrogens with zero attached hydrogens (tertiary/aromatic N) is 4. The molecule has 41 heavy (non-hydrogen) atoms. The molecular formula is C28H43N7O6. The highest BCUT2D eigenvalue weighted by Gasteiger charge is 2.06. The molecule has 0 saturated carbocycles. The largest absolute Gasteiger partial charge is 0.484 e. The third kappa shape index (κ3) is 13.7. The van der Waals surface area contributed by atoms with Gasteiger partial charge in [0.2, 0.25) is 11.7 Å². The number of nitrogens with one attached hydrogen (secondary N) is 2. The van der Waals surface area contributed by atoms with Crippen LogP contribution in [-0.2, 0) is 37.1 Å². The van der Waals surface area contributed by atoms with Gasteiger partial charge in [-0.2, -0.15) is 0 Å². The van der Waals surface area contributed by atoms with Crippen molar-refractivity contribution in [2.75, 3.05) is 39.6 Å². The normalized spacial score (nSPS) is 10.3. The maximum absolute atomic E-state index is 12.0. The second-order valence-corrected chi connectivity index (χ2v) is 8.31. The first-order chi connectivity index (χ1) is 20.0. The molecule has 1 aromatic heterocycles. The van der Waals surface area contributed by atoms with Gasteiger partial charge >= 0.3 is 0 Å². The van der Waals surface area contributed by atoms with E-state index in [4.69, 9.17) is 20.1 Å². The van der Waals surface area contributed by atoms with Crippen LogP contribution in [0.2, 0.25) is 0 Å². The molecule has 0 aliphatic carbocycles. The van der Waals surface area contributed by atoms with Crippen molar-refractivity contribution in [2.24, 2.45) is 5.90 Å². The molecule has 0 saturated heterocycles. The lowest BCUT2D eigenvalue weighted by Gasteiger charge is -2.09. The fourth-order valence-electron chi connectivity index (χ4n) is 3.18. The highest BCUT2D eigenvalue weighted by molar-refractivity contribution is 5.77. The summed E-state index contributed by atoms with van der Waals surface area (Å²) in [6.07, 6.45) is 0.242. The van der Waals surface area contributed by atoms with E-state index in [1.165, 1.54) is 0 Å². The average molecular weight is 574 g/mol. The average Bonchev–Trinajstić information content (AvgIpc) is 3.00. The molecule has 0 unspecified atom stereocenters. The zero-order chi connectivity index (χ0) is 29.7. The molecule has 0 spiro atoms. The van der Waals surface area contributed by atoms with Crippen molar-refractivity contribution in [1.29, 1.82) is 0 Å². The molecule has 2 aromatic carbocycles. The van der Waals surface area contributed by atoms with E-state index < -0.39 is 0 Å². The first-order valence-electron chi connectivity index (χ1n) is 13.4. The Kier molecular flexibility index (Phi) is 16.1. The fourth-order valence-corrected chi connectivity index (χ4v) is 3.18. The lowest BCUT2D eigenvalue weighted by Crippen LogP contribution is -2.31. The second kappa shape index (κ2) is 19.9. The predicted octanol–water partition coefficient (Wildman–Crippen LogP) is 2.39. The molecule has 0 aliphatic heterocycles. The monoisotopic (exact) mass is 573 g/mol. The van der Waals surface area contributed by atoms with Crippen LogP contribution in [0.3, 0.4) is 0 Å². The zero-order valence-corrected chi connectivity index (χ0v) is 23.8. The number of aromatic nitrogens is 4. The summed E-state index contributed by atoms with van der Waals surface area (Å²) in [5.41, 5.74) is 2.65. The molecule has 4 N–H and O–H groups in total. The van der Waals surface area contributed by atoms with Gasteiger partial charge in [0.1, 0.15) is 5.75 Å². The van der Waals surface area contributed by atoms with Gasteiger partial charge in [0.15, 0.2) is 12.4 Å². The maximum atomic E-state index is 12.0. The number of amides is 2. The van der Waals surface area contributed by atoms with E-state index >= 15 is 0 Å². The summed E-state index contributed by atoms with van der Waals surface area (Å²) in [4.78, 5) is 28.5. The van der Waals surface area contributed by atoms with Gasteiger partial charge in [0, 0.05) is 27.9 Å². The summed E-state index contributed by atoms with van der Waals surface area (Å²) in [7, 11) is 0. The number of hydrogen-bond acceptors (Lipinski definition) is 11. The van der Waals surface area contributed by atoms with Crippen molar-refractivity contribution in [1.82, 2.24) is 31.0 Å². The van der Waals surface area contributed by atoms with Crippen LogP contribution < -0.4 is 21.3 Å². The molecule has 0 fully saturated rings. The van der Waals surface area contributed by atoms with E-state index in [2.05, 4.69) is 35.9 Å². The molecule has 226 valence electrons. The summed E-state index contributed by atoms with van der Waals surface area (Å²) < 4.78 is 16.3. The van der Waals surface area contributed by atoms with Gasteiger partial charge in [0.05, 0.1) is 33.0 Å². The van der Waals surface area contributed by atoms with Crippen LogP contribution in [0.4, 0.5) is 0 Å². The third-order valence-corrected chi connectivity index (χ3v) is 5.24. The van der Waals surface area contributed by atoms with Crippen molar-refractivity contribution in [3.63, 3.8) is 0 Å². The topological polar surface area (TPSA) is 173 Å². The van der Waals surface area contributed by atoms with Crippen LogP contribution in [0.1, 0.15) is 40.1 Å². The molecule has 1 heterocycles. The van der Waals surface area contributed by atoms with Gasteiger partial charge < -0.3 is 24.8 Å². The Morgan fingerprint density at radius 1 is 0.805 bits per heavy atom. The molecule has 0 aliphatic rings. The van der Waals surface area contributed by atoms with E-state index in [9.17, 15) is 9.59 Å². The number of aryl methyl sites for hydroxylation is 1. The van der Waals surface area contributed by atoms with Gasteiger partial charge in [-0.15, -0.1) is 20.4 Å². The molecule has 13 nitrogen and oxygen atoms in total. The smallest absolute Gasteiger partial charge is 0.258 e. The van der Waals surface area contributed by atoms with Crippen LogP contribution in [0, 0.1) is 6.92 Å². The maximum Gasteiger partial charge on any atom is 0.258 e. The number of rotatable bonds is 17. The minimum Gasteiger partial charge on any atom is -0.484 e. The Morgan fingerprint density at radius 3 is 2.10 bits per heavy atom. The van der Waals surface area contributed by atoms with Gasteiger partial charge in [-0.3, -0.25) is 14.4 Å². The first-order valence-corrected chi connectivity index (χ1v) is 13.4. The molecule has 3 aromatic rings. The fraction of sp³-hybridized carbons (Fsp3) is 0.429. The first kappa shape index (κ1) is 33.2. The summed E-state index contributed by atoms with van der Waals surface area (Å²) >= 11 is 0. The second-order valence-electron chi connectivity index (χ2n) is 8.31. The van der Waals surface area contributed by atoms with E-state index in [0.29, 0.717) is 56.9 Å². The summed E-state index contributed by atoms with van der Waals surface area (Å²) in [5.74, 6) is 6.21. The number of benzene rings is 2. The highest BCUT2D eigenvalue weighted by Crippen LogP contribution is 2.14. The SMILES string of the molecule is CC.Cc1nnc(-c2ccc(CNC(=O)CCOCCOCCNC(=O)COc3ccc(CON)cc3)cc2)nn1.[HH].[HH]. The number of carbonyl (C=O) groups is 2. The minimum absolute atomic E-state index is 0. The Labute approximate surface area is 243 Å². The van der Waals surface area contributed by atoms with Crippen molar-refractivity contribution in [3.8, 4) is 17.1 Å². The van der Waals surface area contributed by atoms with E-state index in [-0.39, 0.29) is 34.3 Å². The van der Waals surface area contributed by atoms with Crippen LogP contribution in [0.5, 0.6) is 5.75 Å². The number of ether oxygens (including phenoxy) is 3. The van der Waals surface area contributed by atoms with Crippen molar-refractivity contribution < 1.29 is 31.5 Å². The number of carbonyl (C=O) groups excluding carboxylic acids is 2. The summed E-state index contributed by atoms with van der Waals surface area (Å²) in [5, 5.41) is 21.4. The predicted molar refractivity (Wildman–Crippen MR) is 155 cm³/mol. The molecule has 13 heteroatoms. The van der Waals surface area contributed by atoms with Crippen molar-refractivity contribution >= 4 is 11.8 Å². The Morgan fingerprint density at radius 2 is 1.44 bits per heavy atom. The third-order valence-electron chi connectivity index (χ3n) is 5.24. The lowest BCUT2D eigenvalue weighted by molar-refractivity contribution is -0.123. The Hall–Kier alpha value is -4.04. The van der Waals surface area contributed by atoms with Gasteiger partial charge in [-0.05, 0) is 30.2 Å². The van der Waals surface area contributed by atoms with Crippen LogP contribution >= 0.6 is 0 Å². The van der Waals surface area contributed by atoms with Gasteiger partial charge in [0.25, 0.3) is 5.91 Å². The minimum atomic E-state index is -0.249. The van der Waals surface area contributed by atoms with Crippen LogP contribution in [0.25, 0.3) is 11.4 Å². The van der Waals surface area contributed by atoms with E-state index in [1.54, 1.807) is 19.1 Å². The van der Waals surface area contributed by atoms with Gasteiger partial charge in [-0.25, -0.2) is 5.90 Å². The summed E-state index contributed by atoms with van der Waals surface area (Å²) in [6, 6.07) is 14.6. The quantitative estimate of drug-likeness (QED) is 0.160. The molecule has 0 radical (unpaired) electrons. The molecule has 0 bridgehead atoms.